The number of alkyl halides is 1. The van der Waals surface area contributed by atoms with E-state index < -0.39 is 0 Å². The van der Waals surface area contributed by atoms with Crippen LogP contribution in [-0.2, 0) is 9.63 Å². The van der Waals surface area contributed by atoms with Crippen LogP contribution >= 0.6 is 15.9 Å². The van der Waals surface area contributed by atoms with Gasteiger partial charge in [0.1, 0.15) is 0 Å². The number of halogens is 1. The van der Waals surface area contributed by atoms with E-state index in [1.165, 1.54) is 0 Å². The minimum Gasteiger partial charge on any atom is -0.272 e. The maximum atomic E-state index is 10.9. The van der Waals surface area contributed by atoms with Gasteiger partial charge in [-0.2, -0.15) is 0 Å². The van der Waals surface area contributed by atoms with E-state index >= 15 is 0 Å². The molecule has 0 aromatic carbocycles. The summed E-state index contributed by atoms with van der Waals surface area (Å²) in [7, 11) is 0. The first-order valence-electron chi connectivity index (χ1n) is 3.45. The molecule has 0 aliphatic carbocycles. The number of hydrogen-bond donors (Lipinski definition) is 1. The lowest BCUT2D eigenvalue weighted by Crippen LogP contribution is -2.36. The number of carbonyl (C=O) groups excluding carboxylic acids is 1. The lowest BCUT2D eigenvalue weighted by Gasteiger charge is -2.19. The Kier molecular flexibility index (Phi) is 4.03. The molecular weight excluding hydrogens is 210 g/mol. The second-order valence-electron chi connectivity index (χ2n) is 3.30. The van der Waals surface area contributed by atoms with E-state index in [1.54, 1.807) is 6.92 Å². The molecular formula is C7H14BrNO2. The summed E-state index contributed by atoms with van der Waals surface area (Å²) in [5, 5.41) is 0. The number of nitrogens with one attached hydrogen (secondary N) is 1. The van der Waals surface area contributed by atoms with Crippen LogP contribution in [0.5, 0.6) is 0 Å². The number of rotatable bonds is 2. The van der Waals surface area contributed by atoms with E-state index in [0.717, 1.165) is 0 Å². The summed E-state index contributed by atoms with van der Waals surface area (Å²) in [6.07, 6.45) is 0. The van der Waals surface area contributed by atoms with Crippen LogP contribution in [0.4, 0.5) is 0 Å². The maximum absolute atomic E-state index is 10.9. The van der Waals surface area contributed by atoms with Gasteiger partial charge in [-0.25, -0.2) is 5.48 Å². The molecule has 1 N–H and O–H groups in total. The lowest BCUT2D eigenvalue weighted by molar-refractivity contribution is -0.144. The zero-order valence-electron chi connectivity index (χ0n) is 7.27. The number of hydroxylamine groups is 1. The number of carbonyl (C=O) groups is 1. The Bertz CT molecular complexity index is 140. The molecule has 0 aromatic rings. The summed E-state index contributed by atoms with van der Waals surface area (Å²) in [6.45, 7) is 7.34. The van der Waals surface area contributed by atoms with Crippen molar-refractivity contribution in [3.63, 3.8) is 0 Å². The molecule has 11 heavy (non-hydrogen) atoms. The molecule has 1 atom stereocenters. The lowest BCUT2D eigenvalue weighted by atomic mass is 10.2. The minimum absolute atomic E-state index is 0.167. The summed E-state index contributed by atoms with van der Waals surface area (Å²) in [5.74, 6) is -0.167. The second kappa shape index (κ2) is 4.07. The number of amides is 1. The average molecular weight is 224 g/mol. The summed E-state index contributed by atoms with van der Waals surface area (Å²) in [5.41, 5.74) is 2.00. The summed E-state index contributed by atoms with van der Waals surface area (Å²) in [4.78, 5) is 15.7. The third kappa shape index (κ3) is 6.31. The fraction of sp³-hybridized carbons (Fsp3) is 0.857. The minimum atomic E-state index is -0.336. The maximum Gasteiger partial charge on any atom is 0.257 e. The second-order valence-corrected chi connectivity index (χ2v) is 4.67. The molecule has 1 amide bonds. The zero-order chi connectivity index (χ0) is 9.07. The number of hydrogen-bond acceptors (Lipinski definition) is 2. The van der Waals surface area contributed by atoms with E-state index in [0.29, 0.717) is 0 Å². The van der Waals surface area contributed by atoms with Crippen LogP contribution in [0.15, 0.2) is 0 Å². The predicted octanol–water partition coefficient (Wildman–Crippen LogP) is 1.62. The van der Waals surface area contributed by atoms with E-state index in [1.807, 2.05) is 20.8 Å². The molecule has 4 heteroatoms. The highest BCUT2D eigenvalue weighted by Crippen LogP contribution is 2.04. The zero-order valence-corrected chi connectivity index (χ0v) is 8.86. The van der Waals surface area contributed by atoms with Crippen LogP contribution in [-0.4, -0.2) is 16.3 Å². The standard InChI is InChI=1S/C7H14BrNO2/c1-5(8)6(10)9-11-7(2,3)4/h5H,1-4H3,(H,9,10). The van der Waals surface area contributed by atoms with Gasteiger partial charge in [-0.15, -0.1) is 0 Å². The van der Waals surface area contributed by atoms with Crippen molar-refractivity contribution in [2.24, 2.45) is 0 Å². The molecule has 0 aliphatic rings. The van der Waals surface area contributed by atoms with Crippen molar-refractivity contribution >= 4 is 21.8 Å². The Labute approximate surface area is 75.6 Å². The first kappa shape index (κ1) is 10.9. The quantitative estimate of drug-likeness (QED) is 0.571. The van der Waals surface area contributed by atoms with Gasteiger partial charge >= 0.3 is 0 Å². The first-order chi connectivity index (χ1) is 4.83. The van der Waals surface area contributed by atoms with Crippen molar-refractivity contribution < 1.29 is 9.63 Å². The molecule has 0 rings (SSSR count). The van der Waals surface area contributed by atoms with Gasteiger partial charge in [0.05, 0.1) is 10.4 Å². The van der Waals surface area contributed by atoms with E-state index in [-0.39, 0.29) is 16.3 Å². The molecule has 0 radical (unpaired) electrons. The molecule has 0 fully saturated rings. The Morgan fingerprint density at radius 1 is 1.55 bits per heavy atom. The van der Waals surface area contributed by atoms with Gasteiger partial charge in [0.2, 0.25) is 0 Å². The molecule has 0 spiro atoms. The van der Waals surface area contributed by atoms with Crippen molar-refractivity contribution in [2.45, 2.75) is 38.1 Å². The molecule has 0 bridgehead atoms. The topological polar surface area (TPSA) is 38.3 Å². The monoisotopic (exact) mass is 223 g/mol. The van der Waals surface area contributed by atoms with E-state index in [2.05, 4.69) is 21.4 Å². The van der Waals surface area contributed by atoms with Crippen molar-refractivity contribution in [1.29, 1.82) is 0 Å². The summed E-state index contributed by atoms with van der Waals surface area (Å²) < 4.78 is 0. The Morgan fingerprint density at radius 3 is 2.27 bits per heavy atom. The van der Waals surface area contributed by atoms with Gasteiger partial charge in [0, 0.05) is 0 Å². The van der Waals surface area contributed by atoms with Gasteiger partial charge in [-0.05, 0) is 27.7 Å². The molecule has 1 unspecified atom stereocenters. The van der Waals surface area contributed by atoms with Crippen molar-refractivity contribution in [3.05, 3.63) is 0 Å². The van der Waals surface area contributed by atoms with Crippen LogP contribution in [0.1, 0.15) is 27.7 Å². The third-order valence-corrected chi connectivity index (χ3v) is 1.23. The molecule has 0 heterocycles. The molecule has 0 saturated heterocycles. The van der Waals surface area contributed by atoms with Crippen LogP contribution in [0, 0.1) is 0 Å². The molecule has 66 valence electrons. The highest BCUT2D eigenvalue weighted by atomic mass is 79.9. The van der Waals surface area contributed by atoms with Gasteiger partial charge in [0.25, 0.3) is 5.91 Å². The Balaban J connectivity index is 3.64. The Hall–Kier alpha value is -0.0900. The smallest absolute Gasteiger partial charge is 0.257 e. The largest absolute Gasteiger partial charge is 0.272 e. The van der Waals surface area contributed by atoms with Crippen molar-refractivity contribution in [3.8, 4) is 0 Å². The van der Waals surface area contributed by atoms with E-state index in [4.69, 9.17) is 4.84 Å². The van der Waals surface area contributed by atoms with E-state index in [9.17, 15) is 4.79 Å². The molecule has 0 aliphatic heterocycles. The summed E-state index contributed by atoms with van der Waals surface area (Å²) >= 11 is 3.12. The normalized spacial score (nSPS) is 14.3. The fourth-order valence-corrected chi connectivity index (χ4v) is 0.378. The Morgan fingerprint density at radius 2 is 2.00 bits per heavy atom. The van der Waals surface area contributed by atoms with Gasteiger partial charge < -0.3 is 0 Å². The van der Waals surface area contributed by atoms with Gasteiger partial charge in [-0.1, -0.05) is 15.9 Å². The van der Waals surface area contributed by atoms with Gasteiger partial charge in [0.15, 0.2) is 0 Å². The van der Waals surface area contributed by atoms with Crippen LogP contribution in [0.25, 0.3) is 0 Å². The fourth-order valence-electron chi connectivity index (χ4n) is 0.285. The average Bonchev–Trinajstić information content (AvgIpc) is 1.80. The third-order valence-electron chi connectivity index (χ3n) is 0.819. The highest BCUT2D eigenvalue weighted by Gasteiger charge is 2.14. The molecule has 3 nitrogen and oxygen atoms in total. The SMILES string of the molecule is CC(Br)C(=O)NOC(C)(C)C. The highest BCUT2D eigenvalue weighted by molar-refractivity contribution is 9.10. The first-order valence-corrected chi connectivity index (χ1v) is 4.36. The van der Waals surface area contributed by atoms with Crippen molar-refractivity contribution in [2.75, 3.05) is 0 Å². The van der Waals surface area contributed by atoms with Crippen LogP contribution in [0.2, 0.25) is 0 Å². The summed E-state index contributed by atoms with van der Waals surface area (Å²) in [6, 6.07) is 0. The molecule has 0 saturated carbocycles. The van der Waals surface area contributed by atoms with Gasteiger partial charge in [-0.3, -0.25) is 9.63 Å². The predicted molar refractivity (Wildman–Crippen MR) is 47.4 cm³/mol. The van der Waals surface area contributed by atoms with Crippen LogP contribution in [0.3, 0.4) is 0 Å². The van der Waals surface area contributed by atoms with Crippen molar-refractivity contribution in [1.82, 2.24) is 5.48 Å². The van der Waals surface area contributed by atoms with Crippen LogP contribution < -0.4 is 5.48 Å². The molecule has 0 aromatic heterocycles.